The fourth-order valence-electron chi connectivity index (χ4n) is 4.72. The molecule has 1 aliphatic heterocycles. The Balaban J connectivity index is 1.76. The average Bonchev–Trinajstić information content (AvgIpc) is 3.18. The second kappa shape index (κ2) is 10.4. The van der Waals surface area contributed by atoms with Crippen molar-refractivity contribution in [2.75, 3.05) is 6.61 Å². The Hall–Kier alpha value is -2.89. The Morgan fingerprint density at radius 1 is 1.03 bits per heavy atom. The molecule has 1 N–H and O–H groups in total. The number of carboxylic acids is 1. The van der Waals surface area contributed by atoms with E-state index >= 15 is 0 Å². The molecule has 0 amide bonds. The van der Waals surface area contributed by atoms with Crippen molar-refractivity contribution in [1.82, 2.24) is 0 Å². The van der Waals surface area contributed by atoms with Gasteiger partial charge in [-0.2, -0.15) is 0 Å². The smallest absolute Gasteiger partial charge is 0.341 e. The highest BCUT2D eigenvalue weighted by Gasteiger charge is 2.46. The van der Waals surface area contributed by atoms with Crippen LogP contribution in [0.1, 0.15) is 35.6 Å². The third kappa shape index (κ3) is 5.37. The van der Waals surface area contributed by atoms with E-state index in [-0.39, 0.29) is 24.0 Å². The first kappa shape index (κ1) is 23.3. The van der Waals surface area contributed by atoms with Crippen LogP contribution in [0, 0.1) is 5.92 Å². The standard InChI is InChI=1S/C28H27BrO4/c1-18(2)26-27(20-12-14-21(29)15-13-20)24(16-19-8-4-3-5-9-19)33-28(26)22-10-6-7-11-23(22)32-17-25(30)31/h3-15,24,26-28H,1,16-17H2,2H3,(H,30,31)/t24-,26-,27-,28-/m1/s1. The summed E-state index contributed by atoms with van der Waals surface area (Å²) in [5.41, 5.74) is 4.28. The summed E-state index contributed by atoms with van der Waals surface area (Å²) in [5, 5.41) is 9.12. The Labute approximate surface area is 203 Å². The maximum absolute atomic E-state index is 11.1. The predicted molar refractivity (Wildman–Crippen MR) is 133 cm³/mol. The molecule has 1 fully saturated rings. The van der Waals surface area contributed by atoms with Gasteiger partial charge in [0.05, 0.1) is 12.2 Å². The molecule has 5 heteroatoms. The Kier molecular flexibility index (Phi) is 7.31. The quantitative estimate of drug-likeness (QED) is 0.351. The van der Waals surface area contributed by atoms with Crippen LogP contribution in [0.5, 0.6) is 5.75 Å². The molecule has 170 valence electrons. The topological polar surface area (TPSA) is 55.8 Å². The molecule has 1 heterocycles. The summed E-state index contributed by atoms with van der Waals surface area (Å²) >= 11 is 3.54. The van der Waals surface area contributed by atoms with Crippen molar-refractivity contribution >= 4 is 21.9 Å². The van der Waals surface area contributed by atoms with Gasteiger partial charge >= 0.3 is 5.97 Å². The Morgan fingerprint density at radius 3 is 2.36 bits per heavy atom. The number of hydrogen-bond acceptors (Lipinski definition) is 3. The van der Waals surface area contributed by atoms with Crippen LogP contribution in [0.2, 0.25) is 0 Å². The summed E-state index contributed by atoms with van der Waals surface area (Å²) < 4.78 is 13.4. The van der Waals surface area contributed by atoms with E-state index in [0.717, 1.165) is 22.0 Å². The highest BCUT2D eigenvalue weighted by Crippen LogP contribution is 2.52. The van der Waals surface area contributed by atoms with Crippen LogP contribution in [-0.4, -0.2) is 23.8 Å². The van der Waals surface area contributed by atoms with Crippen molar-refractivity contribution in [3.63, 3.8) is 0 Å². The van der Waals surface area contributed by atoms with Gasteiger partial charge in [-0.3, -0.25) is 0 Å². The molecule has 4 atom stereocenters. The lowest BCUT2D eigenvalue weighted by atomic mass is 9.75. The van der Waals surface area contributed by atoms with Crippen molar-refractivity contribution < 1.29 is 19.4 Å². The molecule has 3 aromatic carbocycles. The SMILES string of the molecule is C=C(C)[C@@H]1[C@H](c2ccc(Br)cc2)[C@@H](Cc2ccccc2)O[C@@H]1c1ccccc1OCC(=O)O. The number of halogens is 1. The largest absolute Gasteiger partial charge is 0.482 e. The van der Waals surface area contributed by atoms with Crippen LogP contribution < -0.4 is 4.74 Å². The van der Waals surface area contributed by atoms with Gasteiger partial charge in [0, 0.05) is 21.9 Å². The van der Waals surface area contributed by atoms with Crippen molar-refractivity contribution in [2.45, 2.75) is 31.5 Å². The monoisotopic (exact) mass is 506 g/mol. The third-order valence-electron chi connectivity index (χ3n) is 6.12. The van der Waals surface area contributed by atoms with Crippen molar-refractivity contribution in [1.29, 1.82) is 0 Å². The maximum Gasteiger partial charge on any atom is 0.341 e. The number of carbonyl (C=O) groups is 1. The van der Waals surface area contributed by atoms with Crippen LogP contribution in [0.25, 0.3) is 0 Å². The molecule has 1 aliphatic rings. The molecule has 1 saturated heterocycles. The van der Waals surface area contributed by atoms with E-state index < -0.39 is 12.6 Å². The van der Waals surface area contributed by atoms with Crippen LogP contribution in [-0.2, 0) is 16.0 Å². The molecule has 4 rings (SSSR count). The van der Waals surface area contributed by atoms with E-state index in [1.54, 1.807) is 6.07 Å². The summed E-state index contributed by atoms with van der Waals surface area (Å²) in [6, 6.07) is 26.3. The zero-order valence-corrected chi connectivity index (χ0v) is 20.1. The lowest BCUT2D eigenvalue weighted by Gasteiger charge is -2.26. The second-order valence-corrected chi connectivity index (χ2v) is 9.37. The summed E-state index contributed by atoms with van der Waals surface area (Å²) in [4.78, 5) is 11.1. The molecule has 0 aliphatic carbocycles. The highest BCUT2D eigenvalue weighted by atomic mass is 79.9. The maximum atomic E-state index is 11.1. The van der Waals surface area contributed by atoms with E-state index in [0.29, 0.717) is 5.75 Å². The van der Waals surface area contributed by atoms with Gasteiger partial charge in [0.1, 0.15) is 5.75 Å². The summed E-state index contributed by atoms with van der Waals surface area (Å²) in [6.45, 7) is 5.97. The summed E-state index contributed by atoms with van der Waals surface area (Å²) in [5.74, 6) is -0.378. The predicted octanol–water partition coefficient (Wildman–Crippen LogP) is 6.57. The van der Waals surface area contributed by atoms with Crippen LogP contribution in [0.3, 0.4) is 0 Å². The van der Waals surface area contributed by atoms with Crippen molar-refractivity contribution in [2.24, 2.45) is 5.92 Å². The molecule has 3 aromatic rings. The number of ether oxygens (including phenoxy) is 2. The lowest BCUT2D eigenvalue weighted by Crippen LogP contribution is -2.21. The van der Waals surface area contributed by atoms with Crippen molar-refractivity contribution in [3.8, 4) is 5.75 Å². The fraction of sp³-hybridized carbons (Fsp3) is 0.250. The van der Waals surface area contributed by atoms with Crippen LogP contribution in [0.15, 0.2) is 95.5 Å². The van der Waals surface area contributed by atoms with Crippen LogP contribution >= 0.6 is 15.9 Å². The number of aliphatic carboxylic acids is 1. The zero-order chi connectivity index (χ0) is 23.4. The zero-order valence-electron chi connectivity index (χ0n) is 18.5. The molecule has 0 bridgehead atoms. The normalized spacial score (nSPS) is 22.1. The summed E-state index contributed by atoms with van der Waals surface area (Å²) in [7, 11) is 0. The third-order valence-corrected chi connectivity index (χ3v) is 6.64. The van der Waals surface area contributed by atoms with Gasteiger partial charge in [-0.15, -0.1) is 0 Å². The molecule has 4 nitrogen and oxygen atoms in total. The van der Waals surface area contributed by atoms with Crippen molar-refractivity contribution in [3.05, 3.63) is 112 Å². The van der Waals surface area contributed by atoms with Gasteiger partial charge < -0.3 is 14.6 Å². The summed E-state index contributed by atoms with van der Waals surface area (Å²) in [6.07, 6.45) is 0.391. The first-order valence-corrected chi connectivity index (χ1v) is 11.8. The van der Waals surface area contributed by atoms with E-state index in [9.17, 15) is 4.79 Å². The molecular formula is C28H27BrO4. The number of rotatable bonds is 8. The number of hydrogen-bond donors (Lipinski definition) is 1. The fourth-order valence-corrected chi connectivity index (χ4v) is 4.99. The van der Waals surface area contributed by atoms with Gasteiger partial charge in [-0.25, -0.2) is 4.79 Å². The number of benzene rings is 3. The van der Waals surface area contributed by atoms with Gasteiger partial charge in [0.25, 0.3) is 0 Å². The molecule has 0 radical (unpaired) electrons. The molecule has 33 heavy (non-hydrogen) atoms. The average molecular weight is 507 g/mol. The van der Waals surface area contributed by atoms with Crippen LogP contribution in [0.4, 0.5) is 0 Å². The molecule has 0 unspecified atom stereocenters. The molecular weight excluding hydrogens is 480 g/mol. The molecule has 0 saturated carbocycles. The van der Waals surface area contributed by atoms with Gasteiger partial charge in [-0.05, 0) is 42.7 Å². The van der Waals surface area contributed by atoms with E-state index in [2.05, 4.69) is 58.9 Å². The Morgan fingerprint density at radius 2 is 1.70 bits per heavy atom. The minimum absolute atomic E-state index is 0.00876. The van der Waals surface area contributed by atoms with Gasteiger partial charge in [-0.1, -0.05) is 88.7 Å². The van der Waals surface area contributed by atoms with Gasteiger partial charge in [0.15, 0.2) is 6.61 Å². The van der Waals surface area contributed by atoms with E-state index in [1.165, 1.54) is 11.1 Å². The van der Waals surface area contributed by atoms with Gasteiger partial charge in [0.2, 0.25) is 0 Å². The minimum atomic E-state index is -1.01. The van der Waals surface area contributed by atoms with E-state index in [1.807, 2.05) is 43.3 Å². The second-order valence-electron chi connectivity index (χ2n) is 8.45. The van der Waals surface area contributed by atoms with E-state index in [4.69, 9.17) is 14.6 Å². The lowest BCUT2D eigenvalue weighted by molar-refractivity contribution is -0.139. The highest BCUT2D eigenvalue weighted by molar-refractivity contribution is 9.10. The first-order chi connectivity index (χ1) is 15.9. The first-order valence-electron chi connectivity index (χ1n) is 11.0. The molecule has 0 spiro atoms. The Bertz CT molecular complexity index is 1110. The molecule has 0 aromatic heterocycles. The number of carboxylic acid groups (broad SMARTS) is 1. The number of para-hydroxylation sites is 1. The minimum Gasteiger partial charge on any atom is -0.482 e.